The van der Waals surface area contributed by atoms with Crippen LogP contribution in [0.1, 0.15) is 56.7 Å². The molecule has 0 saturated heterocycles. The molecular weight excluding hydrogens is 344 g/mol. The van der Waals surface area contributed by atoms with Gasteiger partial charge in [0.25, 0.3) is 10.2 Å². The summed E-state index contributed by atoms with van der Waals surface area (Å²) in [7, 11) is 0. The highest BCUT2D eigenvalue weighted by Crippen LogP contribution is 2.22. The van der Waals surface area contributed by atoms with Gasteiger partial charge >= 0.3 is 0 Å². The Morgan fingerprint density at radius 3 is 1.85 bits per heavy atom. The van der Waals surface area contributed by atoms with Crippen molar-refractivity contribution in [1.29, 1.82) is 0 Å². The smallest absolute Gasteiger partial charge is 0.294 e. The molecule has 0 spiro atoms. The van der Waals surface area contributed by atoms with E-state index in [0.717, 1.165) is 12.8 Å². The van der Waals surface area contributed by atoms with Gasteiger partial charge in [0.05, 0.1) is 0 Å². The van der Waals surface area contributed by atoms with Crippen LogP contribution in [0, 0.1) is 25.6 Å². The van der Waals surface area contributed by atoms with E-state index in [-0.39, 0.29) is 30.8 Å². The summed E-state index contributed by atoms with van der Waals surface area (Å²) >= 11 is 0. The molecule has 1 aromatic carbocycles. The molecule has 9 heteroatoms. The van der Waals surface area contributed by atoms with Crippen molar-refractivity contribution < 1.29 is 24.6 Å². The molecule has 0 aliphatic carbocycles. The lowest BCUT2D eigenvalue weighted by Crippen LogP contribution is -2.09. The van der Waals surface area contributed by atoms with Crippen LogP contribution in [-0.4, -0.2) is 16.0 Å². The summed E-state index contributed by atoms with van der Waals surface area (Å²) in [5.74, 6) is 0.0442. The minimum absolute atomic E-state index is 0.0442. The highest BCUT2D eigenvalue weighted by Gasteiger charge is 2.13. The predicted octanol–water partition coefficient (Wildman–Crippen LogP) is 3.43. The summed E-state index contributed by atoms with van der Waals surface area (Å²) in [4.78, 5) is 41.5. The van der Waals surface area contributed by atoms with Crippen LogP contribution in [0.15, 0.2) is 18.2 Å². The third-order valence-electron chi connectivity index (χ3n) is 3.57. The molecular formula is C17H24N2O7. The van der Waals surface area contributed by atoms with Crippen LogP contribution in [0.3, 0.4) is 0 Å². The lowest BCUT2D eigenvalue weighted by molar-refractivity contribution is -0.763. The number of hydrogen-bond donors (Lipinski definition) is 0. The zero-order valence-electron chi connectivity index (χ0n) is 15.2. The maximum absolute atomic E-state index is 12.2. The lowest BCUT2D eigenvalue weighted by atomic mass is 9.89. The number of hydrogen-bond acceptors (Lipinski definition) is 7. The monoisotopic (exact) mass is 368 g/mol. The molecule has 9 nitrogen and oxygen atoms in total. The van der Waals surface area contributed by atoms with Crippen LogP contribution in [0.25, 0.3) is 0 Å². The number of benzene rings is 1. The van der Waals surface area contributed by atoms with Crippen molar-refractivity contribution in [3.05, 3.63) is 55.1 Å². The summed E-state index contributed by atoms with van der Waals surface area (Å²) in [6.07, 6.45) is 2.30. The molecule has 0 aliphatic rings. The van der Waals surface area contributed by atoms with Gasteiger partial charge in [-0.15, -0.1) is 20.2 Å². The summed E-state index contributed by atoms with van der Waals surface area (Å²) in [5.41, 5.74) is 1.68. The average Bonchev–Trinajstić information content (AvgIpc) is 2.49. The first-order valence-corrected chi connectivity index (χ1v) is 8.23. The third kappa shape index (κ3) is 9.55. The molecule has 0 heterocycles. The molecule has 0 radical (unpaired) electrons. The Kier molecular flexibility index (Phi) is 7.95. The predicted molar refractivity (Wildman–Crippen MR) is 92.0 cm³/mol. The van der Waals surface area contributed by atoms with E-state index in [9.17, 15) is 25.0 Å². The third-order valence-corrected chi connectivity index (χ3v) is 3.57. The first-order chi connectivity index (χ1) is 12.0. The van der Waals surface area contributed by atoms with Crippen molar-refractivity contribution >= 4 is 5.78 Å². The van der Waals surface area contributed by atoms with Crippen LogP contribution in [-0.2, 0) is 34.1 Å². The van der Waals surface area contributed by atoms with Crippen LogP contribution in [0.2, 0.25) is 0 Å². The largest absolute Gasteiger partial charge is 0.309 e. The van der Waals surface area contributed by atoms with E-state index in [0.29, 0.717) is 23.1 Å². The first-order valence-electron chi connectivity index (χ1n) is 8.23. The Balaban J connectivity index is 2.78. The van der Waals surface area contributed by atoms with Gasteiger partial charge in [-0.2, -0.15) is 0 Å². The van der Waals surface area contributed by atoms with E-state index in [1.807, 2.05) is 0 Å². The molecule has 0 N–H and O–H groups in total. The Labute approximate surface area is 151 Å². The molecule has 0 aliphatic heterocycles. The summed E-state index contributed by atoms with van der Waals surface area (Å²) in [6.45, 7) is 5.72. The Bertz CT molecular complexity index is 617. The fourth-order valence-electron chi connectivity index (χ4n) is 2.49. The first kappa shape index (κ1) is 21.3. The normalized spacial score (nSPS) is 11.0. The van der Waals surface area contributed by atoms with Gasteiger partial charge in [-0.05, 0) is 34.9 Å². The van der Waals surface area contributed by atoms with Gasteiger partial charge in [0.1, 0.15) is 19.0 Å². The topological polar surface area (TPSA) is 122 Å². The second-order valence-corrected chi connectivity index (χ2v) is 7.28. The Hall–Kier alpha value is -2.71. The molecule has 0 bridgehead atoms. The van der Waals surface area contributed by atoms with Gasteiger partial charge in [-0.3, -0.25) is 4.79 Å². The molecule has 0 fully saturated rings. The van der Waals surface area contributed by atoms with Gasteiger partial charge in [0.15, 0.2) is 0 Å². The number of carbonyl (C=O) groups is 1. The van der Waals surface area contributed by atoms with E-state index < -0.39 is 10.2 Å². The van der Waals surface area contributed by atoms with E-state index in [1.165, 1.54) is 6.07 Å². The van der Waals surface area contributed by atoms with Crippen LogP contribution >= 0.6 is 0 Å². The maximum atomic E-state index is 12.2. The van der Waals surface area contributed by atoms with E-state index in [2.05, 4.69) is 30.4 Å². The number of nitrogens with zero attached hydrogens (tertiary/aromatic N) is 2. The molecule has 0 amide bonds. The van der Waals surface area contributed by atoms with Crippen LogP contribution in [0.5, 0.6) is 0 Å². The average molecular weight is 368 g/mol. The minimum atomic E-state index is -0.919. The van der Waals surface area contributed by atoms with Crippen molar-refractivity contribution in [3.63, 3.8) is 0 Å². The summed E-state index contributed by atoms with van der Waals surface area (Å²) < 4.78 is 0. The fraction of sp³-hybridized carbons (Fsp3) is 0.588. The summed E-state index contributed by atoms with van der Waals surface area (Å²) in [5, 5.41) is 18.9. The highest BCUT2D eigenvalue weighted by atomic mass is 17.0. The van der Waals surface area contributed by atoms with Crippen molar-refractivity contribution in [1.82, 2.24) is 0 Å². The summed E-state index contributed by atoms with van der Waals surface area (Å²) in [6, 6.07) is 4.77. The number of rotatable bonds is 11. The number of ketones is 1. The van der Waals surface area contributed by atoms with Crippen molar-refractivity contribution in [3.8, 4) is 0 Å². The van der Waals surface area contributed by atoms with E-state index >= 15 is 0 Å². The molecule has 0 aromatic heterocycles. The minimum Gasteiger partial charge on any atom is -0.309 e. The second kappa shape index (κ2) is 9.69. The van der Waals surface area contributed by atoms with Crippen LogP contribution < -0.4 is 0 Å². The second-order valence-electron chi connectivity index (χ2n) is 7.28. The highest BCUT2D eigenvalue weighted by molar-refractivity contribution is 5.80. The quantitative estimate of drug-likeness (QED) is 0.433. The van der Waals surface area contributed by atoms with Gasteiger partial charge < -0.3 is 9.68 Å². The van der Waals surface area contributed by atoms with E-state index in [4.69, 9.17) is 0 Å². The molecule has 1 aromatic rings. The zero-order valence-corrected chi connectivity index (χ0v) is 15.2. The van der Waals surface area contributed by atoms with Crippen LogP contribution in [0.4, 0.5) is 0 Å². The molecule has 0 unspecified atom stereocenters. The van der Waals surface area contributed by atoms with Gasteiger partial charge in [-0.1, -0.05) is 39.0 Å². The van der Waals surface area contributed by atoms with Gasteiger partial charge in [-0.25, -0.2) is 0 Å². The molecule has 0 atom stereocenters. The maximum Gasteiger partial charge on any atom is 0.294 e. The number of Topliss-reactive ketones (excluding diaryl/α,β-unsaturated/α-hetero) is 1. The zero-order chi connectivity index (χ0) is 19.7. The SMILES string of the molecule is CC(C)(C)CCCC(=O)Cc1cc(CO[N+](=O)[O-])cc(CO[N+](=O)[O-])c1. The van der Waals surface area contributed by atoms with Gasteiger partial charge in [0.2, 0.25) is 0 Å². The van der Waals surface area contributed by atoms with Crippen molar-refractivity contribution in [2.45, 2.75) is 59.7 Å². The Morgan fingerprint density at radius 1 is 0.962 bits per heavy atom. The molecule has 144 valence electrons. The van der Waals surface area contributed by atoms with Gasteiger partial charge in [0, 0.05) is 12.8 Å². The van der Waals surface area contributed by atoms with E-state index in [1.54, 1.807) is 12.1 Å². The molecule has 1 rings (SSSR count). The Morgan fingerprint density at radius 2 is 1.42 bits per heavy atom. The van der Waals surface area contributed by atoms with Crippen molar-refractivity contribution in [2.75, 3.05) is 0 Å². The molecule has 26 heavy (non-hydrogen) atoms. The fourth-order valence-corrected chi connectivity index (χ4v) is 2.49. The standard InChI is InChI=1S/C17H24N2O7/c1-17(2,3)6-4-5-16(20)10-13-7-14(11-25-18(21)22)9-15(8-13)12-26-19(23)24/h7-9H,4-6,10-12H2,1-3H3. The molecule has 0 saturated carbocycles. The number of carbonyl (C=O) groups excluding carboxylic acids is 1. The lowest BCUT2D eigenvalue weighted by Gasteiger charge is -2.17. The van der Waals surface area contributed by atoms with Crippen molar-refractivity contribution in [2.24, 2.45) is 5.41 Å².